The van der Waals surface area contributed by atoms with Gasteiger partial charge in [-0.25, -0.2) is 9.79 Å². The Labute approximate surface area is 263 Å². The van der Waals surface area contributed by atoms with Gasteiger partial charge in [0.1, 0.15) is 12.4 Å². The topological polar surface area (TPSA) is 139 Å². The molecule has 2 aliphatic rings. The Morgan fingerprint density at radius 2 is 1.82 bits per heavy atom. The Hall–Kier alpha value is -4.99. The summed E-state index contributed by atoms with van der Waals surface area (Å²) < 4.78 is 5.43. The zero-order valence-electron chi connectivity index (χ0n) is 25.8. The third-order valence-electron chi connectivity index (χ3n) is 7.86. The smallest absolute Gasteiger partial charge is 0.407 e. The van der Waals surface area contributed by atoms with Crippen LogP contribution in [0.4, 0.5) is 16.2 Å². The van der Waals surface area contributed by atoms with Crippen LogP contribution >= 0.6 is 0 Å². The highest BCUT2D eigenvalue weighted by molar-refractivity contribution is 6.08. The van der Waals surface area contributed by atoms with Gasteiger partial charge >= 0.3 is 6.09 Å². The molecule has 3 aromatic rings. The molecule has 1 aromatic heterocycles. The summed E-state index contributed by atoms with van der Waals surface area (Å²) in [5, 5.41) is 5.89. The quantitative estimate of drug-likeness (QED) is 0.256. The molecular weight excluding hydrogens is 568 g/mol. The fourth-order valence-corrected chi connectivity index (χ4v) is 5.71. The van der Waals surface area contributed by atoms with E-state index < -0.39 is 6.09 Å². The molecule has 0 bridgehead atoms. The molecule has 10 heteroatoms. The molecule has 3 amide bonds. The second-order valence-electron chi connectivity index (χ2n) is 11.4. The number of carbonyl (C=O) groups is 3. The number of aryl methyl sites for hydroxylation is 1. The van der Waals surface area contributed by atoms with Gasteiger partial charge in [-0.3, -0.25) is 14.6 Å². The first-order valence-corrected chi connectivity index (χ1v) is 15.6. The van der Waals surface area contributed by atoms with Crippen molar-refractivity contribution in [3.63, 3.8) is 0 Å². The van der Waals surface area contributed by atoms with Gasteiger partial charge in [0, 0.05) is 41.9 Å². The summed E-state index contributed by atoms with van der Waals surface area (Å²) in [5.41, 5.74) is 11.6. The van der Waals surface area contributed by atoms with Crippen LogP contribution in [-0.4, -0.2) is 46.7 Å². The number of amides is 3. The van der Waals surface area contributed by atoms with Gasteiger partial charge in [-0.1, -0.05) is 50.2 Å². The van der Waals surface area contributed by atoms with Gasteiger partial charge in [-0.15, -0.1) is 0 Å². The predicted molar refractivity (Wildman–Crippen MR) is 175 cm³/mol. The summed E-state index contributed by atoms with van der Waals surface area (Å²) in [7, 11) is 0. The number of anilines is 1. The molecule has 45 heavy (non-hydrogen) atoms. The molecular formula is C35H40N6O4. The summed E-state index contributed by atoms with van der Waals surface area (Å²) in [6.45, 7) is 5.64. The summed E-state index contributed by atoms with van der Waals surface area (Å²) in [4.78, 5) is 50.2. The molecule has 1 unspecified atom stereocenters. The average molecular weight is 609 g/mol. The lowest BCUT2D eigenvalue weighted by molar-refractivity contribution is -0.127. The summed E-state index contributed by atoms with van der Waals surface area (Å²) in [6.07, 6.45) is 7.35. The average Bonchev–Trinajstić information content (AvgIpc) is 3.21. The van der Waals surface area contributed by atoms with Crippen molar-refractivity contribution in [2.75, 3.05) is 18.4 Å². The van der Waals surface area contributed by atoms with Gasteiger partial charge in [0.15, 0.2) is 0 Å². The van der Waals surface area contributed by atoms with Crippen LogP contribution in [0.15, 0.2) is 71.4 Å². The van der Waals surface area contributed by atoms with Crippen LogP contribution in [0.1, 0.15) is 84.7 Å². The summed E-state index contributed by atoms with van der Waals surface area (Å²) in [6, 6.07) is 16.3. The number of nitrogens with zero attached hydrogens (tertiary/aromatic N) is 3. The maximum absolute atomic E-state index is 13.3. The Morgan fingerprint density at radius 3 is 2.58 bits per heavy atom. The zero-order chi connectivity index (χ0) is 31.8. The normalized spacial score (nSPS) is 15.4. The largest absolute Gasteiger partial charge is 0.445 e. The Bertz CT molecular complexity index is 1610. The van der Waals surface area contributed by atoms with Crippen molar-refractivity contribution in [3.05, 3.63) is 94.3 Å². The van der Waals surface area contributed by atoms with Crippen LogP contribution in [0.25, 0.3) is 6.08 Å². The van der Waals surface area contributed by atoms with Crippen LogP contribution in [0, 0.1) is 0 Å². The van der Waals surface area contributed by atoms with Crippen molar-refractivity contribution in [1.82, 2.24) is 15.2 Å². The number of benzene rings is 2. The van der Waals surface area contributed by atoms with Crippen molar-refractivity contribution in [2.45, 2.75) is 65.0 Å². The van der Waals surface area contributed by atoms with E-state index in [1.165, 1.54) is 0 Å². The number of hydrogen-bond acceptors (Lipinski definition) is 7. The molecule has 2 heterocycles. The molecule has 2 aromatic carbocycles. The number of nitrogens with two attached hydrogens (primary N) is 1. The van der Waals surface area contributed by atoms with Crippen molar-refractivity contribution >= 4 is 41.2 Å². The van der Waals surface area contributed by atoms with Crippen molar-refractivity contribution in [3.8, 4) is 0 Å². The van der Waals surface area contributed by atoms with E-state index in [9.17, 15) is 14.4 Å². The van der Waals surface area contributed by atoms with Crippen LogP contribution < -0.4 is 16.4 Å². The van der Waals surface area contributed by atoms with Crippen molar-refractivity contribution in [2.24, 2.45) is 10.7 Å². The van der Waals surface area contributed by atoms with Crippen LogP contribution in [0.2, 0.25) is 0 Å². The van der Waals surface area contributed by atoms with E-state index in [-0.39, 0.29) is 30.9 Å². The Kier molecular flexibility index (Phi) is 10.2. The fourth-order valence-electron chi connectivity index (χ4n) is 5.71. The molecule has 1 aliphatic carbocycles. The lowest BCUT2D eigenvalue weighted by Gasteiger charge is -2.26. The highest BCUT2D eigenvalue weighted by Crippen LogP contribution is 2.32. The molecule has 0 radical (unpaired) electrons. The van der Waals surface area contributed by atoms with Gasteiger partial charge in [0.05, 0.1) is 23.6 Å². The number of aliphatic imine (C=N–C) groups is 1. The first-order chi connectivity index (χ1) is 21.8. The zero-order valence-corrected chi connectivity index (χ0v) is 25.8. The van der Waals surface area contributed by atoms with E-state index >= 15 is 0 Å². The molecule has 234 valence electrons. The van der Waals surface area contributed by atoms with Gasteiger partial charge < -0.3 is 26.0 Å². The van der Waals surface area contributed by atoms with E-state index in [1.54, 1.807) is 24.4 Å². The van der Waals surface area contributed by atoms with Crippen LogP contribution in [0.3, 0.4) is 0 Å². The number of nitrogens with one attached hydrogen (secondary N) is 2. The van der Waals surface area contributed by atoms with E-state index in [4.69, 9.17) is 10.5 Å². The second-order valence-corrected chi connectivity index (χ2v) is 11.4. The highest BCUT2D eigenvalue weighted by Gasteiger charge is 2.25. The Morgan fingerprint density at radius 1 is 1.04 bits per heavy atom. The molecule has 5 rings (SSSR count). The van der Waals surface area contributed by atoms with Crippen molar-refractivity contribution in [1.29, 1.82) is 0 Å². The number of aromatic nitrogens is 1. The van der Waals surface area contributed by atoms with E-state index in [2.05, 4.69) is 34.5 Å². The molecule has 0 saturated carbocycles. The maximum Gasteiger partial charge on any atom is 0.407 e. The molecule has 1 aliphatic heterocycles. The summed E-state index contributed by atoms with van der Waals surface area (Å²) in [5.74, 6) is -0.0558. The molecule has 0 saturated heterocycles. The minimum Gasteiger partial charge on any atom is -0.445 e. The third-order valence-corrected chi connectivity index (χ3v) is 7.86. The van der Waals surface area contributed by atoms with Crippen molar-refractivity contribution < 1.29 is 19.1 Å². The Balaban J connectivity index is 1.29. The first kappa shape index (κ1) is 31.4. The minimum atomic E-state index is -0.502. The van der Waals surface area contributed by atoms with E-state index in [1.807, 2.05) is 47.4 Å². The number of fused-ring (bicyclic) bond motifs is 2. The van der Waals surface area contributed by atoms with Gasteiger partial charge in [-0.05, 0) is 67.5 Å². The number of rotatable bonds is 10. The maximum atomic E-state index is 13.3. The molecule has 10 nitrogen and oxygen atoms in total. The number of hydrogen-bond donors (Lipinski definition) is 3. The van der Waals surface area contributed by atoms with E-state index in [0.29, 0.717) is 41.4 Å². The van der Waals surface area contributed by atoms with E-state index in [0.717, 1.165) is 54.5 Å². The van der Waals surface area contributed by atoms with Gasteiger partial charge in [-0.2, -0.15) is 0 Å². The number of ether oxygens (including phenoxy) is 1. The number of pyridine rings is 1. The predicted octanol–water partition coefficient (Wildman–Crippen LogP) is 6.06. The summed E-state index contributed by atoms with van der Waals surface area (Å²) >= 11 is 0. The lowest BCUT2D eigenvalue weighted by Crippen LogP contribution is -2.34. The first-order valence-electron chi connectivity index (χ1n) is 15.6. The monoisotopic (exact) mass is 608 g/mol. The fraction of sp³-hybridized carbons (Fsp3) is 0.343. The third kappa shape index (κ3) is 7.94. The lowest BCUT2D eigenvalue weighted by atomic mass is 9.91. The number of carbonyl (C=O) groups excluding carboxylic acids is 3. The number of alkyl carbamates (subject to hydrolysis) is 1. The SMILES string of the molecule is CCCN(CCC)C(=O)C1=Cc2ccc(C(=O)Nc3cnc4c(c3)C(NC(=O)OCc3ccccc3)CCC4)cc2N=C(N)C1. The minimum absolute atomic E-state index is 0.0383. The molecule has 0 spiro atoms. The number of amidine groups is 1. The van der Waals surface area contributed by atoms with Crippen LogP contribution in [0.5, 0.6) is 0 Å². The molecule has 0 fully saturated rings. The second kappa shape index (κ2) is 14.7. The van der Waals surface area contributed by atoms with Crippen LogP contribution in [-0.2, 0) is 22.6 Å². The highest BCUT2D eigenvalue weighted by atomic mass is 16.5. The van der Waals surface area contributed by atoms with Gasteiger partial charge in [0.2, 0.25) is 5.91 Å². The molecule has 1 atom stereocenters. The standard InChI is InChI=1S/C35H40N6O4/c1-3-15-41(16-4-2)34(43)26-17-24-13-14-25(18-31(24)39-32(36)19-26)33(42)38-27-20-28-29(37-21-27)11-8-12-30(28)40-35(44)45-22-23-9-6-5-7-10-23/h5-7,9-10,13-14,17-18,20-21,30H,3-4,8,11-12,15-16,19,22H2,1-2H3,(H2,36,39)(H,38,42)(H,40,44). The van der Waals surface area contributed by atoms with Gasteiger partial charge in [0.25, 0.3) is 5.91 Å². The molecule has 4 N–H and O–H groups in total.